The molecule has 0 fully saturated rings. The summed E-state index contributed by atoms with van der Waals surface area (Å²) in [4.78, 5) is 10.4. The van der Waals surface area contributed by atoms with Crippen molar-refractivity contribution >= 4 is 16.2 Å². The molecule has 0 bridgehead atoms. The van der Waals surface area contributed by atoms with Crippen molar-refractivity contribution in [3.05, 3.63) is 0 Å². The van der Waals surface area contributed by atoms with Gasteiger partial charge in [-0.3, -0.25) is 4.79 Å². The molecule has 0 aliphatic rings. The number of rotatable bonds is 9. The van der Waals surface area contributed by atoms with Gasteiger partial charge in [-0.2, -0.15) is 26.3 Å². The number of carboxylic acid groups (broad SMARTS) is 1. The molecule has 0 aromatic rings. The fourth-order valence-corrected chi connectivity index (χ4v) is 2.15. The molecule has 6 nitrogen and oxygen atoms in total. The van der Waals surface area contributed by atoms with Crippen LogP contribution in [0.3, 0.4) is 0 Å². The Morgan fingerprint density at radius 2 is 1.70 bits per heavy atom. The number of aliphatic carboxylic acids is 1. The number of nitrogens with one attached hydrogen (secondary N) is 2. The van der Waals surface area contributed by atoms with Gasteiger partial charge in [0.2, 0.25) is 0 Å². The molecule has 0 aliphatic heterocycles. The molecule has 0 heterocycles. The summed E-state index contributed by atoms with van der Waals surface area (Å²) in [6.07, 6.45) is -4.01. The van der Waals surface area contributed by atoms with Gasteiger partial charge in [0.1, 0.15) is 6.54 Å². The lowest BCUT2D eigenvalue weighted by Crippen LogP contribution is -2.42. The second kappa shape index (κ2) is 7.23. The van der Waals surface area contributed by atoms with Gasteiger partial charge in [-0.1, -0.05) is 13.8 Å². The summed E-state index contributed by atoms with van der Waals surface area (Å²) in [6.45, 7) is 1.81. The van der Waals surface area contributed by atoms with Gasteiger partial charge in [-0.15, -0.1) is 0 Å². The average Bonchev–Trinajstić information content (AvgIpc) is 2.23. The Bertz CT molecular complexity index is 421. The molecule has 120 valence electrons. The number of carboxylic acids is 1. The summed E-state index contributed by atoms with van der Waals surface area (Å²) in [7, 11) is -4.20. The standard InChI is InChI=1S/C10H19F3N2O4S/c1-9(2,4-3-8(16)17)5-6-14-20(18,19)15-7-10(11,12)13/h14-15H,3-7H2,1-2H3,(H,16,17). The van der Waals surface area contributed by atoms with Crippen LogP contribution in [0.1, 0.15) is 33.1 Å². The van der Waals surface area contributed by atoms with Gasteiger partial charge in [0.25, 0.3) is 10.2 Å². The monoisotopic (exact) mass is 320 g/mol. The normalized spacial score (nSPS) is 13.4. The first-order valence-electron chi connectivity index (χ1n) is 5.86. The van der Waals surface area contributed by atoms with Gasteiger partial charge < -0.3 is 5.11 Å². The van der Waals surface area contributed by atoms with E-state index < -0.39 is 34.3 Å². The minimum absolute atomic E-state index is 0.0495. The van der Waals surface area contributed by atoms with E-state index in [1.54, 1.807) is 13.8 Å². The van der Waals surface area contributed by atoms with Gasteiger partial charge >= 0.3 is 12.1 Å². The van der Waals surface area contributed by atoms with Crippen LogP contribution < -0.4 is 9.44 Å². The fourth-order valence-electron chi connectivity index (χ4n) is 1.32. The van der Waals surface area contributed by atoms with Crippen LogP contribution in [-0.2, 0) is 15.0 Å². The van der Waals surface area contributed by atoms with Crippen molar-refractivity contribution in [2.45, 2.75) is 39.3 Å². The molecule has 0 rings (SSSR count). The Morgan fingerprint density at radius 3 is 2.15 bits per heavy atom. The number of hydrogen-bond donors (Lipinski definition) is 3. The predicted octanol–water partition coefficient (Wildman–Crippen LogP) is 1.25. The molecule has 0 aromatic carbocycles. The van der Waals surface area contributed by atoms with Crippen molar-refractivity contribution in [3.8, 4) is 0 Å². The molecular weight excluding hydrogens is 301 g/mol. The Hall–Kier alpha value is -0.870. The second-order valence-electron chi connectivity index (χ2n) is 5.14. The number of alkyl halides is 3. The Labute approximate surface area is 115 Å². The van der Waals surface area contributed by atoms with Crippen LogP contribution in [0.15, 0.2) is 0 Å². The minimum Gasteiger partial charge on any atom is -0.481 e. The molecule has 0 unspecified atom stereocenters. The molecule has 3 N–H and O–H groups in total. The van der Waals surface area contributed by atoms with E-state index in [2.05, 4.69) is 0 Å². The van der Waals surface area contributed by atoms with E-state index in [1.807, 2.05) is 4.72 Å². The first-order chi connectivity index (χ1) is 8.83. The lowest BCUT2D eigenvalue weighted by molar-refractivity contribution is -0.137. The highest BCUT2D eigenvalue weighted by Gasteiger charge is 2.29. The molecule has 0 spiro atoms. The zero-order valence-electron chi connectivity index (χ0n) is 11.2. The summed E-state index contributed by atoms with van der Waals surface area (Å²) in [5.41, 5.74) is -0.426. The van der Waals surface area contributed by atoms with E-state index in [1.165, 1.54) is 4.72 Å². The van der Waals surface area contributed by atoms with Crippen LogP contribution in [0, 0.1) is 5.41 Å². The third kappa shape index (κ3) is 11.0. The molecule has 0 saturated carbocycles. The highest BCUT2D eigenvalue weighted by atomic mass is 32.2. The van der Waals surface area contributed by atoms with Gasteiger partial charge in [-0.25, -0.2) is 4.72 Å². The first-order valence-corrected chi connectivity index (χ1v) is 7.34. The minimum atomic E-state index is -4.62. The van der Waals surface area contributed by atoms with Gasteiger partial charge in [0.05, 0.1) is 0 Å². The lowest BCUT2D eigenvalue weighted by atomic mass is 9.84. The molecule has 0 saturated heterocycles. The lowest BCUT2D eigenvalue weighted by Gasteiger charge is -2.23. The van der Waals surface area contributed by atoms with E-state index in [0.29, 0.717) is 12.8 Å². The second-order valence-corrected chi connectivity index (χ2v) is 6.73. The van der Waals surface area contributed by atoms with Gasteiger partial charge in [0, 0.05) is 13.0 Å². The maximum absolute atomic E-state index is 11.9. The largest absolute Gasteiger partial charge is 0.481 e. The SMILES string of the molecule is CC(C)(CCNS(=O)(=O)NCC(F)(F)F)CCC(=O)O. The van der Waals surface area contributed by atoms with Gasteiger partial charge in [-0.05, 0) is 18.3 Å². The quantitative estimate of drug-likeness (QED) is 0.596. The fraction of sp³-hybridized carbons (Fsp3) is 0.900. The predicted molar refractivity (Wildman–Crippen MR) is 66.2 cm³/mol. The zero-order chi connectivity index (χ0) is 16.0. The van der Waals surface area contributed by atoms with Gasteiger partial charge in [0.15, 0.2) is 0 Å². The van der Waals surface area contributed by atoms with Crippen molar-refractivity contribution in [1.82, 2.24) is 9.44 Å². The summed E-state index contributed by atoms with van der Waals surface area (Å²) < 4.78 is 61.4. The van der Waals surface area contributed by atoms with E-state index in [0.717, 1.165) is 0 Å². The third-order valence-electron chi connectivity index (χ3n) is 2.57. The van der Waals surface area contributed by atoms with Crippen molar-refractivity contribution in [3.63, 3.8) is 0 Å². The molecule has 20 heavy (non-hydrogen) atoms. The smallest absolute Gasteiger partial charge is 0.402 e. The van der Waals surface area contributed by atoms with Crippen molar-refractivity contribution < 1.29 is 31.5 Å². The summed E-state index contributed by atoms with van der Waals surface area (Å²) in [5.74, 6) is -0.953. The molecule has 10 heteroatoms. The molecule has 0 aromatic heterocycles. The summed E-state index contributed by atoms with van der Waals surface area (Å²) >= 11 is 0. The van der Waals surface area contributed by atoms with Crippen LogP contribution in [0.4, 0.5) is 13.2 Å². The average molecular weight is 320 g/mol. The Balaban J connectivity index is 4.12. The van der Waals surface area contributed by atoms with Crippen molar-refractivity contribution in [2.75, 3.05) is 13.1 Å². The van der Waals surface area contributed by atoms with Crippen LogP contribution in [0.25, 0.3) is 0 Å². The van der Waals surface area contributed by atoms with Crippen molar-refractivity contribution in [2.24, 2.45) is 5.41 Å². The van der Waals surface area contributed by atoms with Crippen LogP contribution in [-0.4, -0.2) is 38.8 Å². The zero-order valence-corrected chi connectivity index (χ0v) is 12.1. The molecule has 0 aliphatic carbocycles. The third-order valence-corrected chi connectivity index (χ3v) is 3.68. The van der Waals surface area contributed by atoms with E-state index in [9.17, 15) is 26.4 Å². The maximum Gasteiger partial charge on any atom is 0.402 e. The Kier molecular flexibility index (Phi) is 6.91. The van der Waals surface area contributed by atoms with E-state index in [-0.39, 0.29) is 13.0 Å². The summed E-state index contributed by atoms with van der Waals surface area (Å²) in [6, 6.07) is 0. The Morgan fingerprint density at radius 1 is 1.15 bits per heavy atom. The first kappa shape index (κ1) is 19.1. The molecule has 0 amide bonds. The number of halogens is 3. The van der Waals surface area contributed by atoms with Crippen molar-refractivity contribution in [1.29, 1.82) is 0 Å². The highest BCUT2D eigenvalue weighted by molar-refractivity contribution is 7.87. The topological polar surface area (TPSA) is 95.5 Å². The van der Waals surface area contributed by atoms with Crippen LogP contribution in [0.5, 0.6) is 0 Å². The van der Waals surface area contributed by atoms with Crippen LogP contribution >= 0.6 is 0 Å². The maximum atomic E-state index is 11.9. The number of carbonyl (C=O) groups is 1. The molecule has 0 atom stereocenters. The molecular formula is C10H19F3N2O4S. The highest BCUT2D eigenvalue weighted by Crippen LogP contribution is 2.26. The van der Waals surface area contributed by atoms with Crippen LogP contribution in [0.2, 0.25) is 0 Å². The van der Waals surface area contributed by atoms with E-state index >= 15 is 0 Å². The summed E-state index contributed by atoms with van der Waals surface area (Å²) in [5, 5.41) is 8.55. The number of hydrogen-bond acceptors (Lipinski definition) is 3. The molecule has 0 radical (unpaired) electrons. The van der Waals surface area contributed by atoms with E-state index in [4.69, 9.17) is 5.11 Å².